The lowest BCUT2D eigenvalue weighted by Gasteiger charge is -2.02. The second kappa shape index (κ2) is 6.46. The lowest BCUT2D eigenvalue weighted by atomic mass is 10.4. The fourth-order valence-corrected chi connectivity index (χ4v) is 2.94. The van der Waals surface area contributed by atoms with Gasteiger partial charge in [-0.25, -0.2) is 4.98 Å². The van der Waals surface area contributed by atoms with Gasteiger partial charge < -0.3 is 10.5 Å². The summed E-state index contributed by atoms with van der Waals surface area (Å²) < 4.78 is 0. The first kappa shape index (κ1) is 12.9. The molecule has 0 bridgehead atoms. The Morgan fingerprint density at radius 1 is 1.69 bits per heavy atom. The molecule has 0 unspecified atom stereocenters. The van der Waals surface area contributed by atoms with Gasteiger partial charge in [-0.1, -0.05) is 10.8 Å². The summed E-state index contributed by atoms with van der Waals surface area (Å²) in [4.78, 5) is 24.3. The first-order chi connectivity index (χ1) is 7.65. The highest BCUT2D eigenvalue weighted by Gasteiger charge is 2.15. The van der Waals surface area contributed by atoms with E-state index in [1.807, 2.05) is 0 Å². The smallest absolute Gasteiger partial charge is 0.302 e. The van der Waals surface area contributed by atoms with E-state index in [0.717, 1.165) is 10.8 Å². The highest BCUT2D eigenvalue weighted by molar-refractivity contribution is 8.76. The Labute approximate surface area is 99.5 Å². The maximum absolute atomic E-state index is 10.6. The van der Waals surface area contributed by atoms with Gasteiger partial charge in [0.05, 0.1) is 11.0 Å². The molecule has 1 aromatic rings. The maximum atomic E-state index is 10.6. The van der Waals surface area contributed by atoms with Crippen LogP contribution in [0, 0.1) is 10.1 Å². The summed E-state index contributed by atoms with van der Waals surface area (Å²) in [6.07, 6.45) is 2.12. The minimum atomic E-state index is -0.555. The van der Waals surface area contributed by atoms with Gasteiger partial charge in [0.25, 0.3) is 0 Å². The van der Waals surface area contributed by atoms with Crippen molar-refractivity contribution in [1.82, 2.24) is 4.98 Å². The van der Waals surface area contributed by atoms with E-state index < -0.39 is 11.0 Å². The fraction of sp³-hybridized carbons (Fsp3) is 0.250. The molecule has 6 nitrogen and oxygen atoms in total. The number of hydrogen-bond donors (Lipinski definition) is 1. The maximum Gasteiger partial charge on any atom is 0.302 e. The molecule has 1 aromatic heterocycles. The zero-order chi connectivity index (χ0) is 12.0. The van der Waals surface area contributed by atoms with E-state index in [1.54, 1.807) is 0 Å². The van der Waals surface area contributed by atoms with Crippen LogP contribution in [-0.4, -0.2) is 28.0 Å². The van der Waals surface area contributed by atoms with Gasteiger partial charge in [0, 0.05) is 18.0 Å². The zero-order valence-corrected chi connectivity index (χ0v) is 9.74. The van der Waals surface area contributed by atoms with Crippen LogP contribution in [0.3, 0.4) is 0 Å². The summed E-state index contributed by atoms with van der Waals surface area (Å²) >= 11 is 0. The van der Waals surface area contributed by atoms with E-state index in [1.165, 1.54) is 29.1 Å². The largest absolute Gasteiger partial charge is 0.321 e. The predicted molar refractivity (Wildman–Crippen MR) is 63.2 cm³/mol. The number of nitro groups is 1. The SMILES string of the molecule is N[C@H](C=O)CSSc1ncccc1[N+](=O)[O-]. The van der Waals surface area contributed by atoms with Gasteiger partial charge in [-0.3, -0.25) is 10.1 Å². The molecule has 0 aromatic carbocycles. The number of aromatic nitrogens is 1. The third-order valence-corrected chi connectivity index (χ3v) is 3.87. The van der Waals surface area contributed by atoms with Crippen LogP contribution in [0.5, 0.6) is 0 Å². The minimum absolute atomic E-state index is 0.0420. The lowest BCUT2D eigenvalue weighted by Crippen LogP contribution is -2.23. The molecule has 0 aliphatic heterocycles. The van der Waals surface area contributed by atoms with Gasteiger partial charge in [-0.2, -0.15) is 0 Å². The lowest BCUT2D eigenvalue weighted by molar-refractivity contribution is -0.388. The second-order valence-electron chi connectivity index (χ2n) is 2.75. The summed E-state index contributed by atoms with van der Waals surface area (Å²) in [5.41, 5.74) is 5.34. The zero-order valence-electron chi connectivity index (χ0n) is 8.11. The van der Waals surface area contributed by atoms with Crippen molar-refractivity contribution in [3.63, 3.8) is 0 Å². The van der Waals surface area contributed by atoms with Crippen molar-refractivity contribution in [2.24, 2.45) is 5.73 Å². The van der Waals surface area contributed by atoms with Crippen LogP contribution in [0.4, 0.5) is 5.69 Å². The predicted octanol–water partition coefficient (Wildman–Crippen LogP) is 1.26. The van der Waals surface area contributed by atoms with Gasteiger partial charge >= 0.3 is 5.69 Å². The van der Waals surface area contributed by atoms with E-state index in [9.17, 15) is 14.9 Å². The van der Waals surface area contributed by atoms with Crippen LogP contribution >= 0.6 is 21.6 Å². The van der Waals surface area contributed by atoms with Gasteiger partial charge in [-0.15, -0.1) is 0 Å². The molecule has 0 fully saturated rings. The number of pyridine rings is 1. The topological polar surface area (TPSA) is 99.1 Å². The van der Waals surface area contributed by atoms with Gasteiger partial charge in [0.2, 0.25) is 0 Å². The van der Waals surface area contributed by atoms with E-state index in [2.05, 4.69) is 4.98 Å². The van der Waals surface area contributed by atoms with Crippen molar-refractivity contribution in [2.75, 3.05) is 5.75 Å². The summed E-state index contributed by atoms with van der Waals surface area (Å²) in [5.74, 6) is 0.391. The Kier molecular flexibility index (Phi) is 5.23. The van der Waals surface area contributed by atoms with E-state index in [-0.39, 0.29) is 5.69 Å². The molecule has 1 heterocycles. The van der Waals surface area contributed by atoms with Crippen molar-refractivity contribution in [2.45, 2.75) is 11.1 Å². The first-order valence-corrected chi connectivity index (χ1v) is 6.56. The molecular formula is C8H9N3O3S2. The first-order valence-electron chi connectivity index (χ1n) is 4.25. The molecule has 2 N–H and O–H groups in total. The molecule has 1 atom stereocenters. The third-order valence-electron chi connectivity index (χ3n) is 1.52. The van der Waals surface area contributed by atoms with E-state index in [0.29, 0.717) is 17.1 Å². The average molecular weight is 259 g/mol. The number of carbonyl (C=O) groups excluding carboxylic acids is 1. The van der Waals surface area contributed by atoms with Gasteiger partial charge in [0.1, 0.15) is 6.29 Å². The summed E-state index contributed by atoms with van der Waals surface area (Å²) in [7, 11) is 2.41. The Morgan fingerprint density at radius 2 is 2.44 bits per heavy atom. The van der Waals surface area contributed by atoms with Crippen LogP contribution in [0.25, 0.3) is 0 Å². The highest BCUT2D eigenvalue weighted by atomic mass is 33.1. The third kappa shape index (κ3) is 3.80. The average Bonchev–Trinajstić information content (AvgIpc) is 2.29. The van der Waals surface area contributed by atoms with E-state index >= 15 is 0 Å². The molecule has 0 amide bonds. The molecule has 0 aliphatic carbocycles. The molecular weight excluding hydrogens is 250 g/mol. The van der Waals surface area contributed by atoms with Crippen LogP contribution < -0.4 is 5.73 Å². The molecule has 86 valence electrons. The van der Waals surface area contributed by atoms with Crippen molar-refractivity contribution < 1.29 is 9.72 Å². The molecule has 1 rings (SSSR count). The monoisotopic (exact) mass is 259 g/mol. The van der Waals surface area contributed by atoms with Crippen LogP contribution in [0.1, 0.15) is 0 Å². The van der Waals surface area contributed by atoms with Crippen molar-refractivity contribution >= 4 is 33.6 Å². The highest BCUT2D eigenvalue weighted by Crippen LogP contribution is 2.35. The quantitative estimate of drug-likeness (QED) is 0.355. The number of carbonyl (C=O) groups is 1. The molecule has 16 heavy (non-hydrogen) atoms. The normalized spacial score (nSPS) is 12.1. The summed E-state index contributed by atoms with van der Waals surface area (Å²) in [6.45, 7) is 0. The number of hydrogen-bond acceptors (Lipinski definition) is 7. The number of rotatable bonds is 6. The van der Waals surface area contributed by atoms with Gasteiger partial charge in [-0.05, 0) is 16.9 Å². The molecule has 8 heteroatoms. The molecule has 0 spiro atoms. The van der Waals surface area contributed by atoms with Crippen LogP contribution in [-0.2, 0) is 4.79 Å². The number of nitrogens with zero attached hydrogens (tertiary/aromatic N) is 2. The van der Waals surface area contributed by atoms with Crippen molar-refractivity contribution in [3.8, 4) is 0 Å². The Morgan fingerprint density at radius 3 is 3.06 bits per heavy atom. The Hall–Kier alpha value is -1.12. The van der Waals surface area contributed by atoms with Crippen LogP contribution in [0.15, 0.2) is 23.4 Å². The molecule has 0 saturated carbocycles. The van der Waals surface area contributed by atoms with Crippen molar-refractivity contribution in [3.05, 3.63) is 28.4 Å². The molecule has 0 aliphatic rings. The van der Waals surface area contributed by atoms with E-state index in [4.69, 9.17) is 5.73 Å². The Balaban J connectivity index is 2.59. The standard InChI is InChI=1S/C8H9N3O3S2/c9-6(4-12)5-15-16-8-7(11(13)14)2-1-3-10-8/h1-4,6H,5,9H2/t6-/m1/s1. The second-order valence-corrected chi connectivity index (χ2v) is 5.08. The summed E-state index contributed by atoms with van der Waals surface area (Å²) in [6, 6.07) is 2.33. The number of nitrogens with two attached hydrogens (primary N) is 1. The van der Waals surface area contributed by atoms with Gasteiger partial charge in [0.15, 0.2) is 5.03 Å². The Bertz CT molecular complexity index is 389. The molecule has 0 radical (unpaired) electrons. The van der Waals surface area contributed by atoms with Crippen molar-refractivity contribution in [1.29, 1.82) is 0 Å². The minimum Gasteiger partial charge on any atom is -0.321 e. The number of aldehydes is 1. The fourth-order valence-electron chi connectivity index (χ4n) is 0.793. The molecule has 0 saturated heterocycles. The summed E-state index contributed by atoms with van der Waals surface area (Å²) in [5, 5.41) is 11.0. The van der Waals surface area contributed by atoms with Crippen LogP contribution in [0.2, 0.25) is 0 Å².